The van der Waals surface area contributed by atoms with Crippen molar-refractivity contribution in [3.63, 3.8) is 0 Å². The molecule has 34 heavy (non-hydrogen) atoms. The van der Waals surface area contributed by atoms with Gasteiger partial charge in [-0.3, -0.25) is 14.5 Å². The number of rotatable bonds is 5. The van der Waals surface area contributed by atoms with Crippen molar-refractivity contribution in [3.05, 3.63) is 87.9 Å². The van der Waals surface area contributed by atoms with Crippen LogP contribution in [-0.2, 0) is 9.59 Å². The second-order valence-electron chi connectivity index (χ2n) is 9.11. The number of Topliss-reactive ketones (excluding diaryl/α,β-unsaturated/α-hetero) is 1. The number of benzene rings is 2. The Morgan fingerprint density at radius 1 is 0.971 bits per heavy atom. The lowest BCUT2D eigenvalue weighted by Gasteiger charge is -2.24. The van der Waals surface area contributed by atoms with Gasteiger partial charge >= 0.3 is 0 Å². The molecule has 1 aliphatic rings. The fraction of sp³-hybridized carbons (Fsp3) is 0.286. The van der Waals surface area contributed by atoms with Crippen molar-refractivity contribution in [1.82, 2.24) is 0 Å². The van der Waals surface area contributed by atoms with Gasteiger partial charge in [-0.25, -0.2) is 0 Å². The smallest absolute Gasteiger partial charge is 0.300 e. The first-order valence-corrected chi connectivity index (χ1v) is 11.3. The zero-order valence-electron chi connectivity index (χ0n) is 20.3. The minimum atomic E-state index is -0.887. The van der Waals surface area contributed by atoms with Crippen LogP contribution in [0.5, 0.6) is 5.75 Å². The van der Waals surface area contributed by atoms with E-state index in [1.54, 1.807) is 37.3 Å². The summed E-state index contributed by atoms with van der Waals surface area (Å²) in [5.74, 6) is 0.0443. The standard InChI is InChI=1S/C28H29NO5/c1-15(2)33-22-10-8-20(14-18(22)5)26(30)24-25(23-9-7-19(6)34-23)29(28(32)27(24)31)21-12-16(3)11-17(4)13-21/h7-15,25,30H,1-6H3/b26-24-. The highest BCUT2D eigenvalue weighted by molar-refractivity contribution is 6.51. The molecule has 1 N–H and O–H groups in total. The predicted octanol–water partition coefficient (Wildman–Crippen LogP) is 5.93. The van der Waals surface area contributed by atoms with Crippen LogP contribution in [0.25, 0.3) is 5.76 Å². The molecule has 3 aromatic rings. The van der Waals surface area contributed by atoms with E-state index in [0.717, 1.165) is 16.7 Å². The summed E-state index contributed by atoms with van der Waals surface area (Å²) in [4.78, 5) is 28.0. The van der Waals surface area contributed by atoms with Crippen LogP contribution in [0.1, 0.15) is 53.7 Å². The number of hydrogen-bond donors (Lipinski definition) is 1. The van der Waals surface area contributed by atoms with E-state index < -0.39 is 17.7 Å². The average molecular weight is 460 g/mol. The first-order valence-electron chi connectivity index (χ1n) is 11.3. The summed E-state index contributed by atoms with van der Waals surface area (Å²) in [5.41, 5.74) is 3.74. The first-order chi connectivity index (χ1) is 16.1. The van der Waals surface area contributed by atoms with E-state index in [1.165, 1.54) is 4.90 Å². The highest BCUT2D eigenvalue weighted by atomic mass is 16.5. The Kier molecular flexibility index (Phi) is 6.09. The van der Waals surface area contributed by atoms with Gasteiger partial charge in [-0.05, 0) is 101 Å². The third-order valence-electron chi connectivity index (χ3n) is 5.77. The maximum absolute atomic E-state index is 13.3. The van der Waals surface area contributed by atoms with E-state index in [0.29, 0.717) is 28.5 Å². The number of ether oxygens (including phenoxy) is 1. The van der Waals surface area contributed by atoms with Crippen LogP contribution in [0, 0.1) is 27.7 Å². The van der Waals surface area contributed by atoms with Gasteiger partial charge in [0.05, 0.1) is 11.7 Å². The molecular weight excluding hydrogens is 430 g/mol. The van der Waals surface area contributed by atoms with Crippen molar-refractivity contribution < 1.29 is 23.8 Å². The number of aliphatic hydroxyl groups is 1. The van der Waals surface area contributed by atoms with Crippen molar-refractivity contribution in [3.8, 4) is 5.75 Å². The molecule has 1 saturated heterocycles. The van der Waals surface area contributed by atoms with Crippen LogP contribution in [0.3, 0.4) is 0 Å². The lowest BCUT2D eigenvalue weighted by atomic mass is 9.98. The van der Waals surface area contributed by atoms with Gasteiger partial charge in [0.15, 0.2) is 0 Å². The Bertz CT molecular complexity index is 1290. The second kappa shape index (κ2) is 8.86. The van der Waals surface area contributed by atoms with E-state index in [2.05, 4.69) is 0 Å². The molecule has 2 aromatic carbocycles. The highest BCUT2D eigenvalue weighted by Gasteiger charge is 2.48. The summed E-state index contributed by atoms with van der Waals surface area (Å²) in [5, 5.41) is 11.3. The van der Waals surface area contributed by atoms with E-state index in [9.17, 15) is 14.7 Å². The molecule has 6 heteroatoms. The van der Waals surface area contributed by atoms with Crippen LogP contribution < -0.4 is 9.64 Å². The summed E-state index contributed by atoms with van der Waals surface area (Å²) in [7, 11) is 0. The molecule has 176 valence electrons. The number of nitrogens with zero attached hydrogens (tertiary/aromatic N) is 1. The maximum Gasteiger partial charge on any atom is 0.300 e. The lowest BCUT2D eigenvalue weighted by molar-refractivity contribution is -0.132. The van der Waals surface area contributed by atoms with Gasteiger partial charge in [0, 0.05) is 11.3 Å². The molecule has 6 nitrogen and oxygen atoms in total. The van der Waals surface area contributed by atoms with Crippen molar-refractivity contribution in [2.24, 2.45) is 0 Å². The molecule has 1 fully saturated rings. The van der Waals surface area contributed by atoms with E-state index in [-0.39, 0.29) is 17.4 Å². The molecule has 1 atom stereocenters. The Labute approximate surface area is 199 Å². The van der Waals surface area contributed by atoms with Crippen LogP contribution in [0.15, 0.2) is 58.5 Å². The zero-order chi connectivity index (χ0) is 24.7. The quantitative estimate of drug-likeness (QED) is 0.291. The predicted molar refractivity (Wildman–Crippen MR) is 131 cm³/mol. The van der Waals surface area contributed by atoms with E-state index >= 15 is 0 Å². The van der Waals surface area contributed by atoms with E-state index in [4.69, 9.17) is 9.15 Å². The maximum atomic E-state index is 13.3. The van der Waals surface area contributed by atoms with Gasteiger partial charge in [-0.2, -0.15) is 0 Å². The molecule has 1 amide bonds. The van der Waals surface area contributed by atoms with Crippen LogP contribution in [-0.4, -0.2) is 22.9 Å². The molecule has 0 saturated carbocycles. The van der Waals surface area contributed by atoms with Gasteiger partial charge in [0.2, 0.25) is 0 Å². The first kappa shape index (κ1) is 23.4. The van der Waals surface area contributed by atoms with Crippen molar-refractivity contribution in [1.29, 1.82) is 0 Å². The third-order valence-corrected chi connectivity index (χ3v) is 5.77. The van der Waals surface area contributed by atoms with Gasteiger partial charge in [-0.15, -0.1) is 0 Å². The number of carbonyl (C=O) groups excluding carboxylic acids is 2. The summed E-state index contributed by atoms with van der Waals surface area (Å²) in [6, 6.07) is 13.5. The molecule has 0 radical (unpaired) electrons. The number of anilines is 1. The summed E-state index contributed by atoms with van der Waals surface area (Å²) in [6.07, 6.45) is 0.00319. The molecule has 2 heterocycles. The van der Waals surface area contributed by atoms with E-state index in [1.807, 2.05) is 52.8 Å². The Morgan fingerprint density at radius 3 is 2.21 bits per heavy atom. The molecule has 0 aliphatic carbocycles. The van der Waals surface area contributed by atoms with Crippen molar-refractivity contribution >= 4 is 23.1 Å². The summed E-state index contributed by atoms with van der Waals surface area (Å²) in [6.45, 7) is 11.4. The number of aliphatic hydroxyl groups excluding tert-OH is 1. The molecule has 0 spiro atoms. The van der Waals surface area contributed by atoms with Gasteiger partial charge in [0.25, 0.3) is 11.7 Å². The third kappa shape index (κ3) is 4.23. The number of ketones is 1. The normalized spacial score (nSPS) is 17.6. The zero-order valence-corrected chi connectivity index (χ0v) is 20.3. The largest absolute Gasteiger partial charge is 0.507 e. The fourth-order valence-electron chi connectivity index (χ4n) is 4.40. The second-order valence-corrected chi connectivity index (χ2v) is 9.11. The fourth-order valence-corrected chi connectivity index (χ4v) is 4.40. The lowest BCUT2D eigenvalue weighted by Crippen LogP contribution is -2.29. The SMILES string of the molecule is Cc1cc(C)cc(N2C(=O)C(=O)/C(=C(\O)c3ccc(OC(C)C)c(C)c3)C2c2ccc(C)o2)c1. The molecule has 0 bridgehead atoms. The van der Waals surface area contributed by atoms with Gasteiger partial charge in [0.1, 0.15) is 29.1 Å². The summed E-state index contributed by atoms with van der Waals surface area (Å²) < 4.78 is 11.7. The minimum absolute atomic E-state index is 0.00319. The Morgan fingerprint density at radius 2 is 1.65 bits per heavy atom. The topological polar surface area (TPSA) is 80.0 Å². The number of hydrogen-bond acceptors (Lipinski definition) is 5. The highest BCUT2D eigenvalue weighted by Crippen LogP contribution is 2.43. The Balaban J connectivity index is 1.90. The Hall–Kier alpha value is -3.80. The van der Waals surface area contributed by atoms with Crippen molar-refractivity contribution in [2.75, 3.05) is 4.90 Å². The van der Waals surface area contributed by atoms with Crippen LogP contribution in [0.4, 0.5) is 5.69 Å². The average Bonchev–Trinajstić information content (AvgIpc) is 3.29. The van der Waals surface area contributed by atoms with Crippen molar-refractivity contribution in [2.45, 2.75) is 53.7 Å². The molecule has 1 unspecified atom stereocenters. The van der Waals surface area contributed by atoms with Gasteiger partial charge < -0.3 is 14.3 Å². The number of aryl methyl sites for hydroxylation is 4. The summed E-state index contributed by atoms with van der Waals surface area (Å²) >= 11 is 0. The molecular formula is C28H29NO5. The number of furan rings is 1. The number of amides is 1. The molecule has 1 aromatic heterocycles. The van der Waals surface area contributed by atoms with Crippen LogP contribution in [0.2, 0.25) is 0 Å². The minimum Gasteiger partial charge on any atom is -0.507 e. The number of carbonyl (C=O) groups is 2. The molecule has 1 aliphatic heterocycles. The molecule has 4 rings (SSSR count). The van der Waals surface area contributed by atoms with Crippen LogP contribution >= 0.6 is 0 Å². The monoisotopic (exact) mass is 459 g/mol. The van der Waals surface area contributed by atoms with Gasteiger partial charge in [-0.1, -0.05) is 6.07 Å².